The maximum absolute atomic E-state index is 13.2. The molecule has 0 saturated heterocycles. The number of benzene rings is 1. The van der Waals surface area contributed by atoms with Gasteiger partial charge in [-0.25, -0.2) is 4.39 Å². The summed E-state index contributed by atoms with van der Waals surface area (Å²) in [7, 11) is 1.64. The molecule has 1 aromatic carbocycles. The van der Waals surface area contributed by atoms with E-state index in [4.69, 9.17) is 26.8 Å². The number of nitrogen functional groups attached to an aromatic ring is 1. The second kappa shape index (κ2) is 8.96. The lowest BCUT2D eigenvalue weighted by atomic mass is 10.2. The molecule has 0 bridgehead atoms. The van der Waals surface area contributed by atoms with Gasteiger partial charge in [0.25, 0.3) is 0 Å². The first-order chi connectivity index (χ1) is 9.15. The molecule has 0 aliphatic heterocycles. The number of ether oxygens (including phenoxy) is 2. The van der Waals surface area contributed by atoms with Crippen molar-refractivity contribution in [3.8, 4) is 0 Å². The van der Waals surface area contributed by atoms with Gasteiger partial charge in [0.15, 0.2) is 0 Å². The number of anilines is 2. The van der Waals surface area contributed by atoms with Gasteiger partial charge < -0.3 is 20.5 Å². The van der Waals surface area contributed by atoms with Crippen LogP contribution in [0.5, 0.6) is 0 Å². The summed E-state index contributed by atoms with van der Waals surface area (Å²) in [4.78, 5) is 0. The Kier molecular flexibility index (Phi) is 7.55. The maximum atomic E-state index is 13.2. The summed E-state index contributed by atoms with van der Waals surface area (Å²) in [6.45, 7) is 2.62. The summed E-state index contributed by atoms with van der Waals surface area (Å²) in [6.07, 6.45) is 1.84. The predicted octanol–water partition coefficient (Wildman–Crippen LogP) is 2.92. The number of hydrogen-bond acceptors (Lipinski definition) is 4. The fourth-order valence-electron chi connectivity index (χ4n) is 1.51. The summed E-state index contributed by atoms with van der Waals surface area (Å²) in [5.74, 6) is -0.471. The molecule has 0 heterocycles. The maximum Gasteiger partial charge on any atom is 0.143 e. The lowest BCUT2D eigenvalue weighted by Crippen LogP contribution is -2.07. The first kappa shape index (κ1) is 16.0. The Morgan fingerprint density at radius 3 is 2.79 bits per heavy atom. The van der Waals surface area contributed by atoms with Crippen LogP contribution in [-0.4, -0.2) is 33.5 Å². The Balaban J connectivity index is 2.17. The second-order valence-electron chi connectivity index (χ2n) is 4.09. The highest BCUT2D eigenvalue weighted by molar-refractivity contribution is 6.31. The summed E-state index contributed by atoms with van der Waals surface area (Å²) < 4.78 is 23.4. The van der Waals surface area contributed by atoms with Crippen molar-refractivity contribution in [2.45, 2.75) is 12.8 Å². The minimum Gasteiger partial charge on any atom is -0.397 e. The van der Waals surface area contributed by atoms with Crippen molar-refractivity contribution in [2.24, 2.45) is 0 Å². The van der Waals surface area contributed by atoms with Crippen molar-refractivity contribution in [1.82, 2.24) is 0 Å². The molecule has 0 aromatic heterocycles. The average molecular weight is 291 g/mol. The van der Waals surface area contributed by atoms with E-state index in [1.165, 1.54) is 12.1 Å². The van der Waals surface area contributed by atoms with Gasteiger partial charge in [0.2, 0.25) is 0 Å². The molecule has 0 aliphatic carbocycles. The smallest absolute Gasteiger partial charge is 0.143 e. The highest BCUT2D eigenvalue weighted by Gasteiger charge is 2.05. The van der Waals surface area contributed by atoms with Crippen LogP contribution in [0.4, 0.5) is 15.8 Å². The lowest BCUT2D eigenvalue weighted by Gasteiger charge is -2.10. The van der Waals surface area contributed by atoms with Crippen molar-refractivity contribution in [3.63, 3.8) is 0 Å². The Morgan fingerprint density at radius 2 is 2.05 bits per heavy atom. The third-order valence-corrected chi connectivity index (χ3v) is 2.84. The van der Waals surface area contributed by atoms with E-state index in [9.17, 15) is 4.39 Å². The van der Waals surface area contributed by atoms with E-state index < -0.39 is 5.82 Å². The molecule has 0 spiro atoms. The Labute approximate surface area is 118 Å². The molecule has 1 aromatic rings. The summed E-state index contributed by atoms with van der Waals surface area (Å²) in [6, 6.07) is 2.72. The molecule has 0 atom stereocenters. The quantitative estimate of drug-likeness (QED) is 0.542. The number of unbranched alkanes of at least 4 members (excludes halogenated alkanes) is 1. The van der Waals surface area contributed by atoms with Crippen molar-refractivity contribution in [1.29, 1.82) is 0 Å². The number of nitrogens with one attached hydrogen (secondary N) is 1. The molecule has 3 N–H and O–H groups in total. The van der Waals surface area contributed by atoms with E-state index in [0.717, 1.165) is 12.8 Å². The fraction of sp³-hybridized carbons (Fsp3) is 0.538. The molecule has 0 radical (unpaired) electrons. The van der Waals surface area contributed by atoms with Crippen LogP contribution < -0.4 is 11.1 Å². The van der Waals surface area contributed by atoms with E-state index in [0.29, 0.717) is 37.7 Å². The van der Waals surface area contributed by atoms with Gasteiger partial charge in [0, 0.05) is 26.3 Å². The van der Waals surface area contributed by atoms with Crippen molar-refractivity contribution < 1.29 is 13.9 Å². The van der Waals surface area contributed by atoms with Gasteiger partial charge in [-0.3, -0.25) is 0 Å². The Hall–Kier alpha value is -1.04. The van der Waals surface area contributed by atoms with Crippen LogP contribution in [0.1, 0.15) is 12.8 Å². The monoisotopic (exact) mass is 290 g/mol. The van der Waals surface area contributed by atoms with E-state index in [1.54, 1.807) is 7.11 Å². The average Bonchev–Trinajstić information content (AvgIpc) is 2.38. The van der Waals surface area contributed by atoms with Gasteiger partial charge in [0.1, 0.15) is 5.82 Å². The largest absolute Gasteiger partial charge is 0.397 e. The van der Waals surface area contributed by atoms with Crippen molar-refractivity contribution in [3.05, 3.63) is 23.0 Å². The molecule has 4 nitrogen and oxygen atoms in total. The minimum atomic E-state index is -0.471. The molecule has 0 amide bonds. The molecular weight excluding hydrogens is 271 g/mol. The molecule has 0 aliphatic rings. The van der Waals surface area contributed by atoms with Crippen LogP contribution in [0.2, 0.25) is 5.02 Å². The van der Waals surface area contributed by atoms with Crippen molar-refractivity contribution in [2.75, 3.05) is 44.5 Å². The van der Waals surface area contributed by atoms with Crippen LogP contribution in [0.3, 0.4) is 0 Å². The van der Waals surface area contributed by atoms with Crippen molar-refractivity contribution >= 4 is 23.0 Å². The molecule has 108 valence electrons. The summed E-state index contributed by atoms with van der Waals surface area (Å²) in [5.41, 5.74) is 6.75. The van der Waals surface area contributed by atoms with Crippen LogP contribution in [0.15, 0.2) is 12.1 Å². The van der Waals surface area contributed by atoms with Gasteiger partial charge >= 0.3 is 0 Å². The van der Waals surface area contributed by atoms with E-state index in [2.05, 4.69) is 5.32 Å². The normalized spacial score (nSPS) is 10.7. The molecule has 6 heteroatoms. The highest BCUT2D eigenvalue weighted by Crippen LogP contribution is 2.25. The standard InChI is InChI=1S/C13H20ClFN2O2/c1-18-6-7-19-5-3-2-4-17-13-9-11(15)10(14)8-12(13)16/h8-9,17H,2-7,16H2,1H3. The van der Waals surface area contributed by atoms with E-state index >= 15 is 0 Å². The topological polar surface area (TPSA) is 56.5 Å². The Bertz CT molecular complexity index is 391. The highest BCUT2D eigenvalue weighted by atomic mass is 35.5. The zero-order chi connectivity index (χ0) is 14.1. The molecule has 0 unspecified atom stereocenters. The minimum absolute atomic E-state index is 0.0367. The van der Waals surface area contributed by atoms with E-state index in [1.807, 2.05) is 0 Å². The number of rotatable bonds is 9. The van der Waals surface area contributed by atoms with Gasteiger partial charge in [-0.15, -0.1) is 0 Å². The third kappa shape index (κ3) is 6.09. The van der Waals surface area contributed by atoms with E-state index in [-0.39, 0.29) is 5.02 Å². The number of methoxy groups -OCH3 is 1. The molecule has 1 rings (SSSR count). The zero-order valence-electron chi connectivity index (χ0n) is 11.0. The van der Waals surface area contributed by atoms with Crippen LogP contribution in [0.25, 0.3) is 0 Å². The summed E-state index contributed by atoms with van der Waals surface area (Å²) in [5, 5.41) is 3.12. The van der Waals surface area contributed by atoms with Crippen LogP contribution in [0, 0.1) is 5.82 Å². The van der Waals surface area contributed by atoms with Gasteiger partial charge in [-0.2, -0.15) is 0 Å². The predicted molar refractivity (Wildman–Crippen MR) is 76.2 cm³/mol. The second-order valence-corrected chi connectivity index (χ2v) is 4.50. The summed E-state index contributed by atoms with van der Waals surface area (Å²) >= 11 is 5.62. The van der Waals surface area contributed by atoms with Crippen LogP contribution in [-0.2, 0) is 9.47 Å². The zero-order valence-corrected chi connectivity index (χ0v) is 11.8. The fourth-order valence-corrected chi connectivity index (χ4v) is 1.68. The first-order valence-corrected chi connectivity index (χ1v) is 6.58. The van der Waals surface area contributed by atoms with Crippen LogP contribution >= 0.6 is 11.6 Å². The number of halogens is 2. The van der Waals surface area contributed by atoms with Gasteiger partial charge in [0.05, 0.1) is 29.6 Å². The lowest BCUT2D eigenvalue weighted by molar-refractivity contribution is 0.0691. The first-order valence-electron chi connectivity index (χ1n) is 6.20. The number of hydrogen-bond donors (Lipinski definition) is 2. The number of nitrogens with two attached hydrogens (primary N) is 1. The molecule has 0 fully saturated rings. The molecular formula is C13H20ClFN2O2. The SMILES string of the molecule is COCCOCCCCNc1cc(F)c(Cl)cc1N. The molecule has 0 saturated carbocycles. The third-order valence-electron chi connectivity index (χ3n) is 2.56. The van der Waals surface area contributed by atoms with Gasteiger partial charge in [-0.1, -0.05) is 11.6 Å². The Morgan fingerprint density at radius 1 is 1.26 bits per heavy atom. The van der Waals surface area contributed by atoms with Gasteiger partial charge in [-0.05, 0) is 18.9 Å². The molecule has 19 heavy (non-hydrogen) atoms.